The minimum Gasteiger partial charge on any atom is -0.496 e. The van der Waals surface area contributed by atoms with Crippen LogP contribution in [0.2, 0.25) is 0 Å². The summed E-state index contributed by atoms with van der Waals surface area (Å²) in [5.41, 5.74) is 0.439. The second-order valence-electron chi connectivity index (χ2n) is 4.01. The lowest BCUT2D eigenvalue weighted by molar-refractivity contribution is 0.0702. The minimum atomic E-state index is -0.129. The van der Waals surface area contributed by atoms with Crippen LogP contribution in [-0.4, -0.2) is 57.2 Å². The number of benzene rings is 1. The van der Waals surface area contributed by atoms with Gasteiger partial charge in [0.25, 0.3) is 5.91 Å². The van der Waals surface area contributed by atoms with Crippen LogP contribution in [0.1, 0.15) is 10.4 Å². The van der Waals surface area contributed by atoms with Gasteiger partial charge in [0.1, 0.15) is 17.1 Å². The average molecular weight is 346 g/mol. The highest BCUT2D eigenvalue weighted by molar-refractivity contribution is 9.09. The number of halogens is 1. The maximum Gasteiger partial charge on any atom is 0.261 e. The Kier molecular flexibility index (Phi) is 7.40. The van der Waals surface area contributed by atoms with Crippen molar-refractivity contribution in [3.63, 3.8) is 0 Å². The molecule has 0 radical (unpaired) electrons. The van der Waals surface area contributed by atoms with Gasteiger partial charge in [0.15, 0.2) is 0 Å². The molecule has 6 heteroatoms. The van der Waals surface area contributed by atoms with Gasteiger partial charge in [-0.2, -0.15) is 0 Å². The molecule has 0 spiro atoms. The largest absolute Gasteiger partial charge is 0.496 e. The monoisotopic (exact) mass is 345 g/mol. The molecule has 1 amide bonds. The Labute approximate surface area is 127 Å². The fourth-order valence-electron chi connectivity index (χ4n) is 1.84. The standard InChI is InChI=1S/C14H20BrNO4/c1-18-10-9-16(8-7-15)14(17)13-11(19-2)5-4-6-12(13)20-3/h4-6H,7-10H2,1-3H3. The second-order valence-corrected chi connectivity index (χ2v) is 4.80. The first-order chi connectivity index (χ1) is 9.69. The summed E-state index contributed by atoms with van der Waals surface area (Å²) in [5.74, 6) is 0.883. The zero-order valence-electron chi connectivity index (χ0n) is 12.0. The Morgan fingerprint density at radius 3 is 2.20 bits per heavy atom. The van der Waals surface area contributed by atoms with E-state index >= 15 is 0 Å². The van der Waals surface area contributed by atoms with Crippen LogP contribution in [0.4, 0.5) is 0 Å². The van der Waals surface area contributed by atoms with Crippen molar-refractivity contribution in [1.29, 1.82) is 0 Å². The van der Waals surface area contributed by atoms with Gasteiger partial charge in [-0.15, -0.1) is 0 Å². The van der Waals surface area contributed by atoms with E-state index in [4.69, 9.17) is 14.2 Å². The molecule has 1 aromatic rings. The number of ether oxygens (including phenoxy) is 3. The number of nitrogens with zero attached hydrogens (tertiary/aromatic N) is 1. The van der Waals surface area contributed by atoms with E-state index in [0.29, 0.717) is 42.1 Å². The summed E-state index contributed by atoms with van der Waals surface area (Å²) in [4.78, 5) is 14.4. The Balaban J connectivity index is 3.09. The van der Waals surface area contributed by atoms with Gasteiger partial charge in [-0.25, -0.2) is 0 Å². The molecule has 0 unspecified atom stereocenters. The number of alkyl halides is 1. The molecule has 0 aliphatic rings. The molecular weight excluding hydrogens is 326 g/mol. The summed E-state index contributed by atoms with van der Waals surface area (Å²) in [6.07, 6.45) is 0. The summed E-state index contributed by atoms with van der Waals surface area (Å²) >= 11 is 3.36. The predicted molar refractivity (Wildman–Crippen MR) is 81.1 cm³/mol. The van der Waals surface area contributed by atoms with Crippen molar-refractivity contribution in [2.24, 2.45) is 0 Å². The highest BCUT2D eigenvalue weighted by Gasteiger charge is 2.23. The first-order valence-corrected chi connectivity index (χ1v) is 7.36. The fourth-order valence-corrected chi connectivity index (χ4v) is 2.27. The van der Waals surface area contributed by atoms with Crippen LogP contribution in [-0.2, 0) is 4.74 Å². The van der Waals surface area contributed by atoms with Crippen LogP contribution in [0, 0.1) is 0 Å². The molecular formula is C14H20BrNO4. The average Bonchev–Trinajstić information content (AvgIpc) is 2.49. The summed E-state index contributed by atoms with van der Waals surface area (Å²) in [6, 6.07) is 5.29. The van der Waals surface area contributed by atoms with Crippen molar-refractivity contribution < 1.29 is 19.0 Å². The Morgan fingerprint density at radius 1 is 1.15 bits per heavy atom. The topological polar surface area (TPSA) is 48.0 Å². The van der Waals surface area contributed by atoms with Crippen molar-refractivity contribution in [3.05, 3.63) is 23.8 Å². The van der Waals surface area contributed by atoms with E-state index in [-0.39, 0.29) is 5.91 Å². The van der Waals surface area contributed by atoms with Gasteiger partial charge >= 0.3 is 0 Å². The molecule has 0 saturated heterocycles. The Hall–Kier alpha value is -1.27. The quantitative estimate of drug-likeness (QED) is 0.677. The summed E-state index contributed by atoms with van der Waals surface area (Å²) in [6.45, 7) is 1.59. The van der Waals surface area contributed by atoms with Gasteiger partial charge in [-0.05, 0) is 12.1 Å². The zero-order chi connectivity index (χ0) is 15.0. The number of amides is 1. The third kappa shape index (κ3) is 4.11. The van der Waals surface area contributed by atoms with E-state index in [9.17, 15) is 4.79 Å². The SMILES string of the molecule is COCCN(CCBr)C(=O)c1c(OC)cccc1OC. The minimum absolute atomic E-state index is 0.129. The molecule has 0 atom stereocenters. The van der Waals surface area contributed by atoms with E-state index in [0.717, 1.165) is 0 Å². The van der Waals surface area contributed by atoms with E-state index in [1.165, 1.54) is 14.2 Å². The molecule has 5 nitrogen and oxygen atoms in total. The van der Waals surface area contributed by atoms with Crippen LogP contribution >= 0.6 is 15.9 Å². The normalized spacial score (nSPS) is 10.2. The summed E-state index contributed by atoms with van der Waals surface area (Å²) in [5, 5.41) is 0.694. The van der Waals surface area contributed by atoms with Crippen LogP contribution in [0.3, 0.4) is 0 Å². The highest BCUT2D eigenvalue weighted by Crippen LogP contribution is 2.29. The third-order valence-corrected chi connectivity index (χ3v) is 3.20. The van der Waals surface area contributed by atoms with Crippen LogP contribution < -0.4 is 9.47 Å². The van der Waals surface area contributed by atoms with Crippen molar-refractivity contribution in [1.82, 2.24) is 4.90 Å². The van der Waals surface area contributed by atoms with Crippen molar-refractivity contribution in [3.8, 4) is 11.5 Å². The zero-order valence-corrected chi connectivity index (χ0v) is 13.6. The van der Waals surface area contributed by atoms with Crippen LogP contribution in [0.5, 0.6) is 11.5 Å². The van der Waals surface area contributed by atoms with E-state index < -0.39 is 0 Å². The van der Waals surface area contributed by atoms with E-state index in [2.05, 4.69) is 15.9 Å². The lowest BCUT2D eigenvalue weighted by Crippen LogP contribution is -2.35. The van der Waals surface area contributed by atoms with Gasteiger partial charge < -0.3 is 19.1 Å². The lowest BCUT2D eigenvalue weighted by atomic mass is 10.1. The number of hydrogen-bond acceptors (Lipinski definition) is 4. The molecule has 0 aliphatic heterocycles. The number of carbonyl (C=O) groups is 1. The first kappa shape index (κ1) is 16.8. The van der Waals surface area contributed by atoms with Gasteiger partial charge in [0.2, 0.25) is 0 Å². The third-order valence-electron chi connectivity index (χ3n) is 2.85. The molecule has 0 bridgehead atoms. The number of hydrogen-bond donors (Lipinski definition) is 0. The lowest BCUT2D eigenvalue weighted by Gasteiger charge is -2.23. The van der Waals surface area contributed by atoms with E-state index in [1.54, 1.807) is 30.2 Å². The second kappa shape index (κ2) is 8.81. The van der Waals surface area contributed by atoms with Crippen molar-refractivity contribution in [2.45, 2.75) is 0 Å². The molecule has 0 aromatic heterocycles. The Morgan fingerprint density at radius 2 is 1.75 bits per heavy atom. The van der Waals surface area contributed by atoms with Crippen molar-refractivity contribution in [2.75, 3.05) is 46.4 Å². The fraction of sp³-hybridized carbons (Fsp3) is 0.500. The Bertz CT molecular complexity index is 417. The summed E-state index contributed by atoms with van der Waals surface area (Å²) < 4.78 is 15.6. The molecule has 1 aromatic carbocycles. The molecule has 20 heavy (non-hydrogen) atoms. The van der Waals surface area contributed by atoms with Crippen LogP contribution in [0.15, 0.2) is 18.2 Å². The molecule has 0 heterocycles. The first-order valence-electron chi connectivity index (χ1n) is 6.24. The van der Waals surface area contributed by atoms with Gasteiger partial charge in [-0.3, -0.25) is 4.79 Å². The maximum absolute atomic E-state index is 12.7. The number of methoxy groups -OCH3 is 3. The molecule has 0 fully saturated rings. The van der Waals surface area contributed by atoms with Gasteiger partial charge in [0.05, 0.1) is 20.8 Å². The predicted octanol–water partition coefficient (Wildman–Crippen LogP) is 2.19. The summed E-state index contributed by atoms with van der Waals surface area (Å²) in [7, 11) is 4.69. The van der Waals surface area contributed by atoms with Crippen LogP contribution in [0.25, 0.3) is 0 Å². The van der Waals surface area contributed by atoms with Gasteiger partial charge in [-0.1, -0.05) is 22.0 Å². The molecule has 112 valence electrons. The molecule has 0 N–H and O–H groups in total. The van der Waals surface area contributed by atoms with Gasteiger partial charge in [0, 0.05) is 25.5 Å². The smallest absolute Gasteiger partial charge is 0.261 e. The van der Waals surface area contributed by atoms with E-state index in [1.807, 2.05) is 0 Å². The number of rotatable bonds is 8. The molecule has 0 aliphatic carbocycles. The molecule has 1 rings (SSSR count). The van der Waals surface area contributed by atoms with Crippen molar-refractivity contribution >= 4 is 21.8 Å². The maximum atomic E-state index is 12.7. The highest BCUT2D eigenvalue weighted by atomic mass is 79.9. The molecule has 0 saturated carbocycles. The number of carbonyl (C=O) groups excluding carboxylic acids is 1.